The number of phenols is 1. The SMILES string of the molecule is COc1cc(O)c(CO)c(Br)c1OC. The highest BCUT2D eigenvalue weighted by Gasteiger charge is 2.16. The fourth-order valence-corrected chi connectivity index (χ4v) is 1.81. The summed E-state index contributed by atoms with van der Waals surface area (Å²) in [6.07, 6.45) is 0. The third-order valence-corrected chi connectivity index (χ3v) is 2.69. The van der Waals surface area contributed by atoms with Crippen molar-refractivity contribution in [3.63, 3.8) is 0 Å². The molecule has 4 nitrogen and oxygen atoms in total. The highest BCUT2D eigenvalue weighted by Crippen LogP contribution is 2.42. The zero-order chi connectivity index (χ0) is 10.7. The van der Waals surface area contributed by atoms with Gasteiger partial charge in [-0.3, -0.25) is 0 Å². The van der Waals surface area contributed by atoms with E-state index in [0.717, 1.165) is 0 Å². The van der Waals surface area contributed by atoms with Gasteiger partial charge < -0.3 is 19.7 Å². The lowest BCUT2D eigenvalue weighted by Crippen LogP contribution is -1.95. The molecule has 0 aromatic heterocycles. The quantitative estimate of drug-likeness (QED) is 0.870. The van der Waals surface area contributed by atoms with Crippen molar-refractivity contribution in [3.05, 3.63) is 16.1 Å². The van der Waals surface area contributed by atoms with Gasteiger partial charge in [-0.25, -0.2) is 0 Å². The number of hydrogen-bond donors (Lipinski definition) is 2. The highest BCUT2D eigenvalue weighted by atomic mass is 79.9. The van der Waals surface area contributed by atoms with Crippen LogP contribution < -0.4 is 9.47 Å². The van der Waals surface area contributed by atoms with Gasteiger partial charge in [-0.2, -0.15) is 0 Å². The first-order valence-corrected chi connectivity index (χ1v) is 4.68. The lowest BCUT2D eigenvalue weighted by atomic mass is 10.2. The number of rotatable bonds is 3. The fourth-order valence-electron chi connectivity index (χ4n) is 1.13. The van der Waals surface area contributed by atoms with Crippen molar-refractivity contribution >= 4 is 15.9 Å². The number of ether oxygens (including phenoxy) is 2. The smallest absolute Gasteiger partial charge is 0.175 e. The van der Waals surface area contributed by atoms with Gasteiger partial charge in [-0.05, 0) is 15.9 Å². The van der Waals surface area contributed by atoms with Crippen molar-refractivity contribution in [1.82, 2.24) is 0 Å². The van der Waals surface area contributed by atoms with Crippen LogP contribution in [-0.2, 0) is 6.61 Å². The molecule has 0 fully saturated rings. The summed E-state index contributed by atoms with van der Waals surface area (Å²) in [5, 5.41) is 18.5. The second kappa shape index (κ2) is 4.52. The fraction of sp³-hybridized carbons (Fsp3) is 0.333. The maximum absolute atomic E-state index is 9.50. The molecule has 2 N–H and O–H groups in total. The molecule has 1 aromatic carbocycles. The average Bonchev–Trinajstić information content (AvgIpc) is 2.17. The molecule has 0 aliphatic heterocycles. The molecule has 0 radical (unpaired) electrons. The van der Waals surface area contributed by atoms with Gasteiger partial charge in [0, 0.05) is 11.6 Å². The second-order valence-corrected chi connectivity index (χ2v) is 3.37. The first kappa shape index (κ1) is 11.1. The molecule has 14 heavy (non-hydrogen) atoms. The highest BCUT2D eigenvalue weighted by molar-refractivity contribution is 9.10. The molecular formula is C9H11BrO4. The summed E-state index contributed by atoms with van der Waals surface area (Å²) in [7, 11) is 2.96. The standard InChI is InChI=1S/C9H11BrO4/c1-13-7-3-6(12)5(4-11)8(10)9(7)14-2/h3,11-12H,4H2,1-2H3. The van der Waals surface area contributed by atoms with E-state index in [9.17, 15) is 5.11 Å². The summed E-state index contributed by atoms with van der Waals surface area (Å²) < 4.78 is 10.6. The summed E-state index contributed by atoms with van der Waals surface area (Å²) >= 11 is 3.22. The molecule has 0 aliphatic rings. The van der Waals surface area contributed by atoms with Crippen LogP contribution >= 0.6 is 15.9 Å². The average molecular weight is 263 g/mol. The van der Waals surface area contributed by atoms with Gasteiger partial charge in [0.25, 0.3) is 0 Å². The Morgan fingerprint density at radius 3 is 2.43 bits per heavy atom. The Morgan fingerprint density at radius 2 is 2.00 bits per heavy atom. The topological polar surface area (TPSA) is 58.9 Å². The molecule has 0 unspecified atom stereocenters. The minimum Gasteiger partial charge on any atom is -0.507 e. The molecule has 0 spiro atoms. The van der Waals surface area contributed by atoms with Crippen molar-refractivity contribution in [2.75, 3.05) is 14.2 Å². The first-order chi connectivity index (χ1) is 6.65. The predicted molar refractivity (Wildman–Crippen MR) is 54.8 cm³/mol. The maximum atomic E-state index is 9.50. The van der Waals surface area contributed by atoms with Crippen LogP contribution in [0.5, 0.6) is 17.2 Å². The Labute approximate surface area is 90.2 Å². The molecule has 5 heteroatoms. The predicted octanol–water partition coefficient (Wildman–Crippen LogP) is 1.66. The number of methoxy groups -OCH3 is 2. The Bertz CT molecular complexity index is 338. The van der Waals surface area contributed by atoms with Crippen LogP contribution in [-0.4, -0.2) is 24.4 Å². The normalized spacial score (nSPS) is 10.0. The molecule has 0 saturated heterocycles. The summed E-state index contributed by atoms with van der Waals surface area (Å²) in [5.74, 6) is 0.834. The van der Waals surface area contributed by atoms with Crippen LogP contribution in [0.4, 0.5) is 0 Å². The van der Waals surface area contributed by atoms with E-state index in [1.54, 1.807) is 0 Å². The van der Waals surface area contributed by atoms with Crippen LogP contribution in [0.15, 0.2) is 10.5 Å². The largest absolute Gasteiger partial charge is 0.507 e. The molecule has 0 saturated carbocycles. The van der Waals surface area contributed by atoms with E-state index in [2.05, 4.69) is 15.9 Å². The second-order valence-electron chi connectivity index (χ2n) is 2.58. The molecule has 0 aliphatic carbocycles. The van der Waals surface area contributed by atoms with Gasteiger partial charge in [0.05, 0.1) is 25.3 Å². The van der Waals surface area contributed by atoms with Gasteiger partial charge in [0.15, 0.2) is 11.5 Å². The van der Waals surface area contributed by atoms with Crippen molar-refractivity contribution in [1.29, 1.82) is 0 Å². The number of benzene rings is 1. The van der Waals surface area contributed by atoms with Gasteiger partial charge in [0.2, 0.25) is 0 Å². The summed E-state index contributed by atoms with van der Waals surface area (Å²) in [6.45, 7) is -0.271. The summed E-state index contributed by atoms with van der Waals surface area (Å²) in [6, 6.07) is 1.40. The third-order valence-electron chi connectivity index (χ3n) is 1.85. The molecule has 0 atom stereocenters. The van der Waals surface area contributed by atoms with Crippen LogP contribution in [0, 0.1) is 0 Å². The number of aliphatic hydroxyl groups is 1. The Morgan fingerprint density at radius 1 is 1.36 bits per heavy atom. The van der Waals surface area contributed by atoms with Crippen LogP contribution in [0.3, 0.4) is 0 Å². The van der Waals surface area contributed by atoms with E-state index in [-0.39, 0.29) is 12.4 Å². The minimum atomic E-state index is -0.271. The molecule has 0 bridgehead atoms. The number of halogens is 1. The summed E-state index contributed by atoms with van der Waals surface area (Å²) in [4.78, 5) is 0. The van der Waals surface area contributed by atoms with Gasteiger partial charge in [0.1, 0.15) is 5.75 Å². The monoisotopic (exact) mass is 262 g/mol. The van der Waals surface area contributed by atoms with Crippen molar-refractivity contribution < 1.29 is 19.7 Å². The lowest BCUT2D eigenvalue weighted by molar-refractivity contribution is 0.272. The number of hydrogen-bond acceptors (Lipinski definition) is 4. The summed E-state index contributed by atoms with van der Waals surface area (Å²) in [5.41, 5.74) is 0.377. The molecule has 0 heterocycles. The van der Waals surface area contributed by atoms with Crippen LogP contribution in [0.25, 0.3) is 0 Å². The minimum absolute atomic E-state index is 0.0305. The molecule has 78 valence electrons. The van der Waals surface area contributed by atoms with Gasteiger partial charge >= 0.3 is 0 Å². The zero-order valence-corrected chi connectivity index (χ0v) is 9.46. The Hall–Kier alpha value is -0.940. The van der Waals surface area contributed by atoms with Crippen LogP contribution in [0.1, 0.15) is 5.56 Å². The van der Waals surface area contributed by atoms with Gasteiger partial charge in [-0.15, -0.1) is 0 Å². The number of aromatic hydroxyl groups is 1. The van der Waals surface area contributed by atoms with Crippen LogP contribution in [0.2, 0.25) is 0 Å². The zero-order valence-electron chi connectivity index (χ0n) is 7.87. The van der Waals surface area contributed by atoms with E-state index < -0.39 is 0 Å². The van der Waals surface area contributed by atoms with E-state index in [4.69, 9.17) is 14.6 Å². The van der Waals surface area contributed by atoms with Crippen molar-refractivity contribution in [3.8, 4) is 17.2 Å². The Kier molecular flexibility index (Phi) is 3.60. The van der Waals surface area contributed by atoms with Gasteiger partial charge in [-0.1, -0.05) is 0 Å². The van der Waals surface area contributed by atoms with Crippen molar-refractivity contribution in [2.24, 2.45) is 0 Å². The number of aliphatic hydroxyl groups excluding tert-OH is 1. The van der Waals surface area contributed by atoms with E-state index in [1.807, 2.05) is 0 Å². The molecule has 1 aromatic rings. The molecular weight excluding hydrogens is 252 g/mol. The van der Waals surface area contributed by atoms with Crippen molar-refractivity contribution in [2.45, 2.75) is 6.61 Å². The van der Waals surface area contributed by atoms with E-state index in [1.165, 1.54) is 20.3 Å². The molecule has 0 amide bonds. The lowest BCUT2D eigenvalue weighted by Gasteiger charge is -2.13. The maximum Gasteiger partial charge on any atom is 0.175 e. The van der Waals surface area contributed by atoms with E-state index >= 15 is 0 Å². The molecule has 1 rings (SSSR count). The Balaban J connectivity index is 3.39. The first-order valence-electron chi connectivity index (χ1n) is 3.88. The third kappa shape index (κ3) is 1.78. The van der Waals surface area contributed by atoms with E-state index in [0.29, 0.717) is 21.5 Å².